The molecule has 1 atom stereocenters. The van der Waals surface area contributed by atoms with Crippen molar-refractivity contribution >= 4 is 5.97 Å². The number of aryl methyl sites for hydroxylation is 1. The number of nitrogens with two attached hydrogens (primary N) is 1. The lowest BCUT2D eigenvalue weighted by Gasteiger charge is -2.30. The highest BCUT2D eigenvalue weighted by Crippen LogP contribution is 2.30. The first-order valence-electron chi connectivity index (χ1n) is 7.04. The van der Waals surface area contributed by atoms with Crippen molar-refractivity contribution in [1.29, 1.82) is 0 Å². The summed E-state index contributed by atoms with van der Waals surface area (Å²) in [6.07, 6.45) is 1.40. The maximum absolute atomic E-state index is 12.3. The minimum atomic E-state index is -0.778. The molecule has 0 spiro atoms. The summed E-state index contributed by atoms with van der Waals surface area (Å²) in [5.41, 5.74) is 7.21. The second kappa shape index (κ2) is 8.02. The molecule has 4 nitrogen and oxygen atoms in total. The molecule has 0 saturated heterocycles. The Morgan fingerprint density at radius 3 is 2.45 bits per heavy atom. The van der Waals surface area contributed by atoms with Crippen LogP contribution in [0.15, 0.2) is 24.3 Å². The minimum Gasteiger partial charge on any atom is -0.468 e. The second-order valence-electron chi connectivity index (χ2n) is 4.94. The molecule has 1 aromatic carbocycles. The zero-order chi connectivity index (χ0) is 15.0. The molecule has 0 aromatic heterocycles. The van der Waals surface area contributed by atoms with E-state index in [1.165, 1.54) is 7.11 Å². The van der Waals surface area contributed by atoms with Crippen LogP contribution in [-0.4, -0.2) is 32.8 Å². The number of esters is 1. The molecule has 0 aliphatic heterocycles. The average molecular weight is 279 g/mol. The van der Waals surface area contributed by atoms with Crippen LogP contribution < -0.4 is 5.73 Å². The number of hydrogen-bond acceptors (Lipinski definition) is 4. The molecule has 0 heterocycles. The van der Waals surface area contributed by atoms with Gasteiger partial charge in [-0.1, -0.05) is 29.8 Å². The Hall–Kier alpha value is -1.39. The smallest absolute Gasteiger partial charge is 0.317 e. The third-order valence-electron chi connectivity index (χ3n) is 3.63. The van der Waals surface area contributed by atoms with E-state index >= 15 is 0 Å². The topological polar surface area (TPSA) is 61.5 Å². The van der Waals surface area contributed by atoms with E-state index in [1.807, 2.05) is 38.1 Å². The van der Waals surface area contributed by atoms with E-state index in [2.05, 4.69) is 0 Å². The Bertz CT molecular complexity index is 416. The fourth-order valence-corrected chi connectivity index (χ4v) is 2.36. The molecular formula is C16H25NO3. The highest BCUT2D eigenvalue weighted by Gasteiger charge is 2.39. The van der Waals surface area contributed by atoms with Gasteiger partial charge < -0.3 is 15.2 Å². The van der Waals surface area contributed by atoms with Crippen molar-refractivity contribution in [2.75, 3.05) is 26.9 Å². The Labute approximate surface area is 121 Å². The lowest BCUT2D eigenvalue weighted by Crippen LogP contribution is -2.44. The number of hydrogen-bond donors (Lipinski definition) is 1. The van der Waals surface area contributed by atoms with Crippen molar-refractivity contribution in [3.05, 3.63) is 35.4 Å². The third kappa shape index (κ3) is 3.81. The molecule has 4 heteroatoms. The SMILES string of the molecule is CCOCCCC(CN)(C(=O)OC)c1ccc(C)cc1. The van der Waals surface area contributed by atoms with E-state index in [0.717, 1.165) is 17.5 Å². The van der Waals surface area contributed by atoms with Crippen molar-refractivity contribution in [3.63, 3.8) is 0 Å². The molecule has 0 fully saturated rings. The molecule has 1 aromatic rings. The monoisotopic (exact) mass is 279 g/mol. The fraction of sp³-hybridized carbons (Fsp3) is 0.562. The predicted molar refractivity (Wildman–Crippen MR) is 79.7 cm³/mol. The van der Waals surface area contributed by atoms with Gasteiger partial charge in [0, 0.05) is 19.8 Å². The highest BCUT2D eigenvalue weighted by atomic mass is 16.5. The van der Waals surface area contributed by atoms with Crippen molar-refractivity contribution in [3.8, 4) is 0 Å². The van der Waals surface area contributed by atoms with E-state index in [0.29, 0.717) is 19.6 Å². The summed E-state index contributed by atoms with van der Waals surface area (Å²) in [6.45, 7) is 5.51. The van der Waals surface area contributed by atoms with Crippen molar-refractivity contribution in [2.45, 2.75) is 32.1 Å². The van der Waals surface area contributed by atoms with E-state index in [9.17, 15) is 4.79 Å². The van der Waals surface area contributed by atoms with Gasteiger partial charge in [-0.3, -0.25) is 4.79 Å². The Morgan fingerprint density at radius 2 is 1.95 bits per heavy atom. The average Bonchev–Trinajstić information content (AvgIpc) is 2.48. The molecule has 0 aliphatic rings. The minimum absolute atomic E-state index is 0.231. The molecule has 2 N–H and O–H groups in total. The predicted octanol–water partition coefficient (Wildman–Crippen LogP) is 2.18. The van der Waals surface area contributed by atoms with Gasteiger partial charge in [-0.05, 0) is 32.3 Å². The van der Waals surface area contributed by atoms with Gasteiger partial charge in [0.05, 0.1) is 7.11 Å². The lowest BCUT2D eigenvalue weighted by molar-refractivity contribution is -0.147. The summed E-state index contributed by atoms with van der Waals surface area (Å²) in [5.74, 6) is -0.277. The van der Waals surface area contributed by atoms with E-state index in [1.54, 1.807) is 0 Å². The van der Waals surface area contributed by atoms with Gasteiger partial charge in [0.25, 0.3) is 0 Å². The number of methoxy groups -OCH3 is 1. The Kier molecular flexibility index (Phi) is 6.68. The first-order chi connectivity index (χ1) is 9.60. The fourth-order valence-electron chi connectivity index (χ4n) is 2.36. The Morgan fingerprint density at radius 1 is 1.30 bits per heavy atom. The summed E-state index contributed by atoms with van der Waals surface area (Å²) < 4.78 is 10.3. The van der Waals surface area contributed by atoms with E-state index in [-0.39, 0.29) is 12.5 Å². The second-order valence-corrected chi connectivity index (χ2v) is 4.94. The number of carbonyl (C=O) groups is 1. The molecule has 20 heavy (non-hydrogen) atoms. The maximum atomic E-state index is 12.3. The van der Waals surface area contributed by atoms with Crippen LogP contribution in [0.25, 0.3) is 0 Å². The van der Waals surface area contributed by atoms with Crippen molar-refractivity contribution < 1.29 is 14.3 Å². The van der Waals surface area contributed by atoms with Crippen LogP contribution in [0.2, 0.25) is 0 Å². The lowest BCUT2D eigenvalue weighted by atomic mass is 9.76. The van der Waals surface area contributed by atoms with Crippen LogP contribution in [0.1, 0.15) is 30.9 Å². The van der Waals surface area contributed by atoms with Crippen LogP contribution in [0.5, 0.6) is 0 Å². The van der Waals surface area contributed by atoms with Crippen LogP contribution in [-0.2, 0) is 19.7 Å². The van der Waals surface area contributed by atoms with Crippen LogP contribution >= 0.6 is 0 Å². The Balaban J connectivity index is 2.98. The summed E-state index contributed by atoms with van der Waals surface area (Å²) in [6, 6.07) is 7.90. The normalized spacial score (nSPS) is 13.8. The number of ether oxygens (including phenoxy) is 2. The summed E-state index contributed by atoms with van der Waals surface area (Å²) in [5, 5.41) is 0. The third-order valence-corrected chi connectivity index (χ3v) is 3.63. The quantitative estimate of drug-likeness (QED) is 0.585. The molecule has 1 rings (SSSR count). The summed E-state index contributed by atoms with van der Waals surface area (Å²) in [7, 11) is 1.41. The molecule has 1 unspecified atom stereocenters. The van der Waals surface area contributed by atoms with Gasteiger partial charge in [0.1, 0.15) is 5.41 Å². The summed E-state index contributed by atoms with van der Waals surface area (Å²) in [4.78, 5) is 12.3. The zero-order valence-electron chi connectivity index (χ0n) is 12.6. The molecule has 0 bridgehead atoms. The van der Waals surface area contributed by atoms with Crippen molar-refractivity contribution in [1.82, 2.24) is 0 Å². The first-order valence-corrected chi connectivity index (χ1v) is 7.04. The van der Waals surface area contributed by atoms with Crippen LogP contribution in [0, 0.1) is 6.92 Å². The number of benzene rings is 1. The molecule has 0 aliphatic carbocycles. The molecule has 112 valence electrons. The molecule has 0 amide bonds. The molecule has 0 radical (unpaired) electrons. The van der Waals surface area contributed by atoms with Crippen LogP contribution in [0.3, 0.4) is 0 Å². The maximum Gasteiger partial charge on any atom is 0.317 e. The zero-order valence-corrected chi connectivity index (χ0v) is 12.6. The standard InChI is InChI=1S/C16H25NO3/c1-4-20-11-5-10-16(12-17,15(18)19-3)14-8-6-13(2)7-9-14/h6-9H,4-5,10-12,17H2,1-3H3. The van der Waals surface area contributed by atoms with Gasteiger partial charge in [-0.2, -0.15) is 0 Å². The van der Waals surface area contributed by atoms with Crippen LogP contribution in [0.4, 0.5) is 0 Å². The van der Waals surface area contributed by atoms with Gasteiger partial charge in [0.2, 0.25) is 0 Å². The van der Waals surface area contributed by atoms with Crippen molar-refractivity contribution in [2.24, 2.45) is 5.73 Å². The largest absolute Gasteiger partial charge is 0.468 e. The van der Waals surface area contributed by atoms with Gasteiger partial charge in [-0.15, -0.1) is 0 Å². The molecule has 0 saturated carbocycles. The molecular weight excluding hydrogens is 254 g/mol. The van der Waals surface area contributed by atoms with Gasteiger partial charge in [-0.25, -0.2) is 0 Å². The number of carbonyl (C=O) groups excluding carboxylic acids is 1. The highest BCUT2D eigenvalue weighted by molar-refractivity contribution is 5.83. The number of rotatable bonds is 8. The first kappa shape index (κ1) is 16.7. The summed E-state index contributed by atoms with van der Waals surface area (Å²) >= 11 is 0. The van der Waals surface area contributed by atoms with Gasteiger partial charge >= 0.3 is 5.97 Å². The van der Waals surface area contributed by atoms with Gasteiger partial charge in [0.15, 0.2) is 0 Å². The van der Waals surface area contributed by atoms with E-state index in [4.69, 9.17) is 15.2 Å². The van der Waals surface area contributed by atoms with E-state index < -0.39 is 5.41 Å².